The fourth-order valence-corrected chi connectivity index (χ4v) is 1.34. The van der Waals surface area contributed by atoms with Gasteiger partial charge in [0.1, 0.15) is 0 Å². The molecule has 0 spiro atoms. The molecule has 1 saturated carbocycles. The van der Waals surface area contributed by atoms with Gasteiger partial charge in [-0.15, -0.1) is 0 Å². The van der Waals surface area contributed by atoms with Crippen LogP contribution in [-0.4, -0.2) is 7.85 Å². The molecule has 1 aliphatic carbocycles. The maximum atomic E-state index is 5.78. The zero-order chi connectivity index (χ0) is 5.98. The second-order valence-corrected chi connectivity index (χ2v) is 2.93. The topological polar surface area (TPSA) is 0 Å². The van der Waals surface area contributed by atoms with E-state index in [1.165, 1.54) is 25.7 Å². The Labute approximate surface area is 53.1 Å². The molecule has 1 aliphatic rings. The van der Waals surface area contributed by atoms with E-state index in [4.69, 9.17) is 7.85 Å². The third-order valence-corrected chi connectivity index (χ3v) is 2.18. The molecule has 0 aromatic carbocycles. The van der Waals surface area contributed by atoms with Gasteiger partial charge in [0.2, 0.25) is 0 Å². The van der Waals surface area contributed by atoms with E-state index in [1.54, 1.807) is 0 Å². The monoisotopic (exact) mass is 108 g/mol. The van der Waals surface area contributed by atoms with Crippen molar-refractivity contribution in [1.29, 1.82) is 0 Å². The van der Waals surface area contributed by atoms with Crippen molar-refractivity contribution in [3.8, 4) is 0 Å². The van der Waals surface area contributed by atoms with E-state index in [-0.39, 0.29) is 0 Å². The van der Waals surface area contributed by atoms with Crippen LogP contribution in [0.25, 0.3) is 0 Å². The molecular weight excluding hydrogens is 94.9 g/mol. The van der Waals surface area contributed by atoms with Crippen LogP contribution in [0.4, 0.5) is 0 Å². The maximum absolute atomic E-state index is 5.78. The molecule has 44 valence electrons. The minimum atomic E-state index is 0.503. The number of rotatable bonds is 0. The third-order valence-electron chi connectivity index (χ3n) is 2.18. The summed E-state index contributed by atoms with van der Waals surface area (Å²) in [6.45, 7) is 2.25. The van der Waals surface area contributed by atoms with Crippen molar-refractivity contribution in [3.63, 3.8) is 0 Å². The predicted molar refractivity (Wildman–Crippen MR) is 37.1 cm³/mol. The Morgan fingerprint density at radius 2 is 1.88 bits per heavy atom. The Bertz CT molecular complexity index is 60.8. The van der Waals surface area contributed by atoms with Gasteiger partial charge in [0, 0.05) is 0 Å². The molecule has 2 atom stereocenters. The summed E-state index contributed by atoms with van der Waals surface area (Å²) in [5.41, 5.74) is 0. The highest BCUT2D eigenvalue weighted by atomic mass is 14.2. The Kier molecular flexibility index (Phi) is 1.98. The Hall–Kier alpha value is 0.0649. The van der Waals surface area contributed by atoms with Crippen molar-refractivity contribution in [2.45, 2.75) is 38.4 Å². The first-order valence-corrected chi connectivity index (χ1v) is 3.56. The summed E-state index contributed by atoms with van der Waals surface area (Å²) in [5, 5.41) is 0. The van der Waals surface area contributed by atoms with Crippen LogP contribution in [0.15, 0.2) is 0 Å². The van der Waals surface area contributed by atoms with Gasteiger partial charge in [-0.05, 0) is 5.92 Å². The minimum Gasteiger partial charge on any atom is -0.0749 e. The van der Waals surface area contributed by atoms with Gasteiger partial charge in [-0.1, -0.05) is 38.4 Å². The molecule has 1 rings (SSSR count). The molecule has 0 aromatic rings. The standard InChI is InChI=1S/C7H13B/c1-6-4-2-3-5-7(6)8/h6-7H,2-5H2,1H3. The predicted octanol–water partition coefficient (Wildman–Crippen LogP) is 2.15. The fraction of sp³-hybridized carbons (Fsp3) is 1.00. The average Bonchev–Trinajstić information content (AvgIpc) is 1.77. The highest BCUT2D eigenvalue weighted by Gasteiger charge is 2.15. The van der Waals surface area contributed by atoms with E-state index in [2.05, 4.69) is 6.92 Å². The lowest BCUT2D eigenvalue weighted by Gasteiger charge is -2.24. The number of hydrogen-bond donors (Lipinski definition) is 0. The van der Waals surface area contributed by atoms with Crippen molar-refractivity contribution in [2.24, 2.45) is 5.92 Å². The zero-order valence-electron chi connectivity index (χ0n) is 5.56. The minimum absolute atomic E-state index is 0.503. The van der Waals surface area contributed by atoms with Crippen molar-refractivity contribution in [2.75, 3.05) is 0 Å². The van der Waals surface area contributed by atoms with E-state index < -0.39 is 0 Å². The summed E-state index contributed by atoms with van der Waals surface area (Å²) in [6, 6.07) is 0. The van der Waals surface area contributed by atoms with Crippen LogP contribution in [0.1, 0.15) is 32.6 Å². The SMILES string of the molecule is [B]C1CCCCC1C. The first-order valence-electron chi connectivity index (χ1n) is 3.56. The quantitative estimate of drug-likeness (QED) is 0.417. The van der Waals surface area contributed by atoms with Crippen molar-refractivity contribution < 1.29 is 0 Å². The summed E-state index contributed by atoms with van der Waals surface area (Å²) in [4.78, 5) is 0. The van der Waals surface area contributed by atoms with E-state index in [0.29, 0.717) is 5.82 Å². The molecule has 0 aliphatic heterocycles. The third kappa shape index (κ3) is 1.27. The first-order chi connectivity index (χ1) is 3.80. The molecule has 1 heteroatoms. The van der Waals surface area contributed by atoms with Crippen LogP contribution in [0.2, 0.25) is 5.82 Å². The van der Waals surface area contributed by atoms with Crippen LogP contribution in [0.5, 0.6) is 0 Å². The molecule has 0 nitrogen and oxygen atoms in total. The molecule has 0 saturated heterocycles. The molecule has 0 N–H and O–H groups in total. The van der Waals surface area contributed by atoms with Gasteiger partial charge in [0.15, 0.2) is 0 Å². The van der Waals surface area contributed by atoms with Gasteiger partial charge in [-0.25, -0.2) is 0 Å². The largest absolute Gasteiger partial charge is 0.0749 e. The Morgan fingerprint density at radius 1 is 1.25 bits per heavy atom. The molecule has 0 heterocycles. The van der Waals surface area contributed by atoms with Crippen molar-refractivity contribution >= 4 is 7.85 Å². The second kappa shape index (κ2) is 2.57. The fourth-order valence-electron chi connectivity index (χ4n) is 1.34. The molecule has 2 unspecified atom stereocenters. The summed E-state index contributed by atoms with van der Waals surface area (Å²) in [7, 11) is 5.78. The van der Waals surface area contributed by atoms with Crippen LogP contribution in [-0.2, 0) is 0 Å². The Balaban J connectivity index is 2.28. The average molecular weight is 108 g/mol. The summed E-state index contributed by atoms with van der Waals surface area (Å²) >= 11 is 0. The lowest BCUT2D eigenvalue weighted by atomic mass is 9.69. The highest BCUT2D eigenvalue weighted by molar-refractivity contribution is 6.11. The van der Waals surface area contributed by atoms with E-state index in [1.807, 2.05) is 0 Å². The van der Waals surface area contributed by atoms with Crippen molar-refractivity contribution in [1.82, 2.24) is 0 Å². The smallest absolute Gasteiger partial charge is 0.0703 e. The van der Waals surface area contributed by atoms with E-state index in [0.717, 1.165) is 5.92 Å². The van der Waals surface area contributed by atoms with Crippen LogP contribution < -0.4 is 0 Å². The lowest BCUT2D eigenvalue weighted by molar-refractivity contribution is 0.386. The van der Waals surface area contributed by atoms with Gasteiger partial charge in [-0.3, -0.25) is 0 Å². The summed E-state index contributed by atoms with van der Waals surface area (Å²) in [5.74, 6) is 1.28. The summed E-state index contributed by atoms with van der Waals surface area (Å²) in [6.07, 6.45) is 5.35. The molecule has 1 fully saturated rings. The molecule has 0 amide bonds. The normalized spacial score (nSPS) is 39.6. The molecular formula is C7H13B. The zero-order valence-corrected chi connectivity index (χ0v) is 5.56. The Morgan fingerprint density at radius 3 is 2.25 bits per heavy atom. The first kappa shape index (κ1) is 6.19. The second-order valence-electron chi connectivity index (χ2n) is 2.93. The highest BCUT2D eigenvalue weighted by Crippen LogP contribution is 2.31. The van der Waals surface area contributed by atoms with Gasteiger partial charge in [0.25, 0.3) is 0 Å². The van der Waals surface area contributed by atoms with Crippen LogP contribution >= 0.6 is 0 Å². The molecule has 0 aromatic heterocycles. The van der Waals surface area contributed by atoms with E-state index in [9.17, 15) is 0 Å². The van der Waals surface area contributed by atoms with Gasteiger partial charge in [0.05, 0.1) is 7.85 Å². The molecule has 8 heavy (non-hydrogen) atoms. The van der Waals surface area contributed by atoms with Gasteiger partial charge < -0.3 is 0 Å². The van der Waals surface area contributed by atoms with Crippen LogP contribution in [0.3, 0.4) is 0 Å². The molecule has 0 bridgehead atoms. The van der Waals surface area contributed by atoms with E-state index >= 15 is 0 Å². The van der Waals surface area contributed by atoms with Crippen LogP contribution in [0, 0.1) is 5.92 Å². The van der Waals surface area contributed by atoms with Gasteiger partial charge >= 0.3 is 0 Å². The molecule has 2 radical (unpaired) electrons. The van der Waals surface area contributed by atoms with Gasteiger partial charge in [-0.2, -0.15) is 0 Å². The maximum Gasteiger partial charge on any atom is 0.0703 e. The summed E-state index contributed by atoms with van der Waals surface area (Å²) < 4.78 is 0. The number of hydrogen-bond acceptors (Lipinski definition) is 0. The van der Waals surface area contributed by atoms with Crippen molar-refractivity contribution in [3.05, 3.63) is 0 Å². The lowest BCUT2D eigenvalue weighted by Crippen LogP contribution is -2.10.